The van der Waals surface area contributed by atoms with Crippen LogP contribution in [0.2, 0.25) is 0 Å². The van der Waals surface area contributed by atoms with Crippen LogP contribution in [0, 0.1) is 0 Å². The van der Waals surface area contributed by atoms with Gasteiger partial charge in [-0.3, -0.25) is 9.58 Å². The van der Waals surface area contributed by atoms with Crippen molar-refractivity contribution in [3.8, 4) is 0 Å². The van der Waals surface area contributed by atoms with Crippen molar-refractivity contribution in [3.63, 3.8) is 0 Å². The molecule has 0 aromatic carbocycles. The van der Waals surface area contributed by atoms with E-state index in [9.17, 15) is 5.11 Å². The normalized spacial score (nSPS) is 12.4. The van der Waals surface area contributed by atoms with Gasteiger partial charge in [0.15, 0.2) is 0 Å². The van der Waals surface area contributed by atoms with Crippen LogP contribution in [0.15, 0.2) is 6.20 Å². The van der Waals surface area contributed by atoms with E-state index in [1.807, 2.05) is 20.9 Å². The van der Waals surface area contributed by atoms with Crippen LogP contribution in [0.1, 0.15) is 26.5 Å². The molecule has 0 aliphatic rings. The van der Waals surface area contributed by atoms with Crippen molar-refractivity contribution in [1.82, 2.24) is 19.9 Å². The number of nitrogens with zero attached hydrogens (tertiary/aromatic N) is 4. The molecule has 15 heavy (non-hydrogen) atoms. The second-order valence-corrected chi connectivity index (χ2v) is 4.46. The predicted octanol–water partition coefficient (Wildman–Crippen LogP) is 0.408. The third kappa shape index (κ3) is 3.97. The van der Waals surface area contributed by atoms with Gasteiger partial charge in [-0.25, -0.2) is 0 Å². The van der Waals surface area contributed by atoms with Crippen molar-refractivity contribution in [3.05, 3.63) is 11.9 Å². The monoisotopic (exact) mass is 212 g/mol. The van der Waals surface area contributed by atoms with Crippen LogP contribution in [-0.2, 0) is 13.6 Å². The molecule has 0 amide bonds. The lowest BCUT2D eigenvalue weighted by molar-refractivity contribution is 0.0346. The highest BCUT2D eigenvalue weighted by atomic mass is 16.3. The van der Waals surface area contributed by atoms with Gasteiger partial charge >= 0.3 is 0 Å². The summed E-state index contributed by atoms with van der Waals surface area (Å²) >= 11 is 0. The number of hydrogen-bond acceptors (Lipinski definition) is 4. The first-order valence-corrected chi connectivity index (χ1v) is 5.20. The Morgan fingerprint density at radius 2 is 2.20 bits per heavy atom. The van der Waals surface area contributed by atoms with E-state index in [-0.39, 0.29) is 0 Å². The van der Waals surface area contributed by atoms with Crippen LogP contribution >= 0.6 is 0 Å². The third-order valence-electron chi connectivity index (χ3n) is 2.25. The molecule has 1 heterocycles. The summed E-state index contributed by atoms with van der Waals surface area (Å²) in [6.07, 6.45) is 1.76. The molecule has 1 N–H and O–H groups in total. The van der Waals surface area contributed by atoms with Gasteiger partial charge in [0.2, 0.25) is 0 Å². The van der Waals surface area contributed by atoms with E-state index >= 15 is 0 Å². The Bertz CT molecular complexity index is 303. The molecule has 0 spiro atoms. The average Bonchev–Trinajstić information content (AvgIpc) is 2.48. The van der Waals surface area contributed by atoms with Gasteiger partial charge in [-0.2, -0.15) is 0 Å². The van der Waals surface area contributed by atoms with E-state index in [2.05, 4.69) is 22.1 Å². The maximum absolute atomic E-state index is 9.74. The minimum atomic E-state index is -0.665. The molecule has 1 rings (SSSR count). The largest absolute Gasteiger partial charge is 0.389 e. The summed E-state index contributed by atoms with van der Waals surface area (Å²) in [5.41, 5.74) is 0.392. The smallest absolute Gasteiger partial charge is 0.0738 e. The molecular weight excluding hydrogens is 192 g/mol. The number of aromatic nitrogens is 3. The summed E-state index contributed by atoms with van der Waals surface area (Å²) in [4.78, 5) is 2.17. The molecule has 0 bridgehead atoms. The van der Waals surface area contributed by atoms with Crippen molar-refractivity contribution in [1.29, 1.82) is 0 Å². The number of hydrogen-bond donors (Lipinski definition) is 1. The number of aliphatic hydroxyl groups is 1. The van der Waals surface area contributed by atoms with Gasteiger partial charge < -0.3 is 5.11 Å². The fourth-order valence-corrected chi connectivity index (χ4v) is 1.51. The lowest BCUT2D eigenvalue weighted by atomic mass is 10.1. The zero-order valence-electron chi connectivity index (χ0n) is 9.93. The number of rotatable bonds is 5. The lowest BCUT2D eigenvalue weighted by Gasteiger charge is -2.27. The van der Waals surface area contributed by atoms with Crippen LogP contribution in [-0.4, -0.2) is 43.7 Å². The Labute approximate surface area is 90.7 Å². The Hall–Kier alpha value is -0.940. The SMILES string of the molecule is CCN(Cc1cnnn1C)CC(C)(C)O. The van der Waals surface area contributed by atoms with Crippen molar-refractivity contribution >= 4 is 0 Å². The Balaban J connectivity index is 2.58. The van der Waals surface area contributed by atoms with Crippen LogP contribution in [0.5, 0.6) is 0 Å². The first-order valence-electron chi connectivity index (χ1n) is 5.20. The van der Waals surface area contributed by atoms with E-state index in [1.165, 1.54) is 0 Å². The van der Waals surface area contributed by atoms with Gasteiger partial charge in [0.05, 0.1) is 17.5 Å². The summed E-state index contributed by atoms with van der Waals surface area (Å²) < 4.78 is 1.76. The summed E-state index contributed by atoms with van der Waals surface area (Å²) in [6.45, 7) is 8.03. The summed E-state index contributed by atoms with van der Waals surface area (Å²) in [7, 11) is 1.88. The van der Waals surface area contributed by atoms with E-state index < -0.39 is 5.60 Å². The second kappa shape index (κ2) is 4.72. The van der Waals surface area contributed by atoms with E-state index in [4.69, 9.17) is 0 Å². The first kappa shape index (κ1) is 12.1. The molecule has 1 aromatic heterocycles. The van der Waals surface area contributed by atoms with Crippen molar-refractivity contribution in [2.75, 3.05) is 13.1 Å². The molecule has 1 aromatic rings. The molecule has 0 saturated heterocycles. The molecular formula is C10H20N4O. The highest BCUT2D eigenvalue weighted by Gasteiger charge is 2.18. The zero-order chi connectivity index (χ0) is 11.5. The second-order valence-electron chi connectivity index (χ2n) is 4.46. The lowest BCUT2D eigenvalue weighted by Crippen LogP contribution is -2.38. The fourth-order valence-electron chi connectivity index (χ4n) is 1.51. The van der Waals surface area contributed by atoms with Gasteiger partial charge in [-0.05, 0) is 20.4 Å². The van der Waals surface area contributed by atoms with Gasteiger partial charge in [0.1, 0.15) is 0 Å². The number of likely N-dealkylation sites (N-methyl/N-ethyl adjacent to an activating group) is 1. The molecule has 0 atom stereocenters. The molecule has 86 valence electrons. The van der Waals surface area contributed by atoms with Crippen LogP contribution in [0.4, 0.5) is 0 Å². The average molecular weight is 212 g/mol. The van der Waals surface area contributed by atoms with Crippen molar-refractivity contribution in [2.24, 2.45) is 7.05 Å². The minimum Gasteiger partial charge on any atom is -0.389 e. The van der Waals surface area contributed by atoms with Crippen LogP contribution in [0.3, 0.4) is 0 Å². The maximum atomic E-state index is 9.74. The standard InChI is InChI=1S/C10H20N4O/c1-5-14(8-10(2,3)15)7-9-6-11-12-13(9)4/h6,15H,5,7-8H2,1-4H3. The molecule has 0 fully saturated rings. The fraction of sp³-hybridized carbons (Fsp3) is 0.800. The molecule has 0 saturated carbocycles. The Morgan fingerprint density at radius 3 is 2.60 bits per heavy atom. The highest BCUT2D eigenvalue weighted by molar-refractivity contribution is 4.93. The van der Waals surface area contributed by atoms with Gasteiger partial charge in [-0.1, -0.05) is 12.1 Å². The number of aryl methyl sites for hydroxylation is 1. The maximum Gasteiger partial charge on any atom is 0.0738 e. The first-order chi connectivity index (χ1) is 6.92. The van der Waals surface area contributed by atoms with Crippen molar-refractivity contribution in [2.45, 2.75) is 32.9 Å². The molecule has 0 aliphatic heterocycles. The van der Waals surface area contributed by atoms with Crippen molar-refractivity contribution < 1.29 is 5.11 Å². The predicted molar refractivity (Wildman–Crippen MR) is 58.3 cm³/mol. The zero-order valence-corrected chi connectivity index (χ0v) is 9.93. The van der Waals surface area contributed by atoms with Crippen LogP contribution in [0.25, 0.3) is 0 Å². The molecule has 5 nitrogen and oxygen atoms in total. The van der Waals surface area contributed by atoms with Gasteiger partial charge in [-0.15, -0.1) is 5.10 Å². The summed E-state index contributed by atoms with van der Waals surface area (Å²) in [5.74, 6) is 0. The van der Waals surface area contributed by atoms with Crippen LogP contribution < -0.4 is 0 Å². The summed E-state index contributed by atoms with van der Waals surface area (Å²) in [5, 5.41) is 17.4. The minimum absolute atomic E-state index is 0.648. The van der Waals surface area contributed by atoms with Gasteiger partial charge in [0.25, 0.3) is 0 Å². The molecule has 0 aliphatic carbocycles. The molecule has 0 unspecified atom stereocenters. The Morgan fingerprint density at radius 1 is 1.53 bits per heavy atom. The topological polar surface area (TPSA) is 54.2 Å². The summed E-state index contributed by atoms with van der Waals surface area (Å²) in [6, 6.07) is 0. The van der Waals surface area contributed by atoms with E-state index in [1.54, 1.807) is 10.9 Å². The van der Waals surface area contributed by atoms with E-state index in [0.29, 0.717) is 6.54 Å². The third-order valence-corrected chi connectivity index (χ3v) is 2.25. The molecule has 0 radical (unpaired) electrons. The highest BCUT2D eigenvalue weighted by Crippen LogP contribution is 2.08. The Kier molecular flexibility index (Phi) is 3.82. The quantitative estimate of drug-likeness (QED) is 0.768. The molecule has 5 heteroatoms. The van der Waals surface area contributed by atoms with Gasteiger partial charge in [0, 0.05) is 20.1 Å². The van der Waals surface area contributed by atoms with E-state index in [0.717, 1.165) is 18.8 Å².